The third kappa shape index (κ3) is 14.2. The van der Waals surface area contributed by atoms with Crippen molar-refractivity contribution in [1.29, 1.82) is 5.26 Å². The zero-order valence-electron chi connectivity index (χ0n) is 19.1. The van der Waals surface area contributed by atoms with Gasteiger partial charge in [0.05, 0.1) is 17.3 Å². The SMILES string of the molecule is C=C.CC.N#Cc1ccc(CSC(N)=Nc2ccccc2)cc1.NC(=S)Nc1ccccc1. The maximum absolute atomic E-state index is 8.72. The lowest BCUT2D eigenvalue weighted by atomic mass is 10.2. The van der Waals surface area contributed by atoms with Gasteiger partial charge in [-0.1, -0.05) is 74.1 Å². The van der Waals surface area contributed by atoms with Gasteiger partial charge in [-0.3, -0.25) is 0 Å². The summed E-state index contributed by atoms with van der Waals surface area (Å²) in [4.78, 5) is 4.31. The van der Waals surface area contributed by atoms with E-state index in [0.29, 0.717) is 15.8 Å². The highest BCUT2D eigenvalue weighted by molar-refractivity contribution is 8.13. The molecule has 5 N–H and O–H groups in total. The van der Waals surface area contributed by atoms with Crippen LogP contribution in [-0.4, -0.2) is 10.3 Å². The maximum atomic E-state index is 8.72. The van der Waals surface area contributed by atoms with Gasteiger partial charge in [0, 0.05) is 11.4 Å². The van der Waals surface area contributed by atoms with Gasteiger partial charge in [0.25, 0.3) is 0 Å². The van der Waals surface area contributed by atoms with Crippen molar-refractivity contribution >= 4 is 45.6 Å². The van der Waals surface area contributed by atoms with Gasteiger partial charge in [0.1, 0.15) is 0 Å². The van der Waals surface area contributed by atoms with E-state index in [0.717, 1.165) is 22.7 Å². The second-order valence-corrected chi connectivity index (χ2v) is 7.17. The summed E-state index contributed by atoms with van der Waals surface area (Å²) in [6.07, 6.45) is 0. The van der Waals surface area contributed by atoms with E-state index in [1.165, 1.54) is 11.8 Å². The Kier molecular flexibility index (Phi) is 17.0. The molecule has 3 rings (SSSR count). The summed E-state index contributed by atoms with van der Waals surface area (Å²) in [6.45, 7) is 10.0. The van der Waals surface area contributed by atoms with Crippen LogP contribution < -0.4 is 16.8 Å². The molecule has 0 bridgehead atoms. The Balaban J connectivity index is 0.000000617. The van der Waals surface area contributed by atoms with Gasteiger partial charge in [-0.05, 0) is 54.2 Å². The second kappa shape index (κ2) is 19.1. The van der Waals surface area contributed by atoms with Crippen molar-refractivity contribution in [3.63, 3.8) is 0 Å². The van der Waals surface area contributed by atoms with Crippen LogP contribution in [0.1, 0.15) is 25.0 Å². The molecule has 0 radical (unpaired) electrons. The number of nitrogens with one attached hydrogen (secondary N) is 1. The minimum absolute atomic E-state index is 0.297. The number of para-hydroxylation sites is 2. The lowest BCUT2D eigenvalue weighted by Gasteiger charge is -2.02. The molecule has 0 unspecified atom stereocenters. The topological polar surface area (TPSA) is 100 Å². The summed E-state index contributed by atoms with van der Waals surface area (Å²) >= 11 is 6.13. The van der Waals surface area contributed by atoms with Crippen molar-refractivity contribution in [3.8, 4) is 6.07 Å². The van der Waals surface area contributed by atoms with E-state index < -0.39 is 0 Å². The molecule has 3 aromatic rings. The quantitative estimate of drug-likeness (QED) is 0.169. The minimum Gasteiger partial charge on any atom is -0.378 e. The molecule has 0 heterocycles. The zero-order chi connectivity index (χ0) is 24.9. The average Bonchev–Trinajstić information content (AvgIpc) is 2.87. The fourth-order valence-corrected chi connectivity index (χ4v) is 2.95. The van der Waals surface area contributed by atoms with Gasteiger partial charge < -0.3 is 16.8 Å². The first-order chi connectivity index (χ1) is 16.1. The maximum Gasteiger partial charge on any atom is 0.168 e. The minimum atomic E-state index is 0.297. The van der Waals surface area contributed by atoms with E-state index in [1.54, 1.807) is 12.1 Å². The molecule has 0 saturated heterocycles. The van der Waals surface area contributed by atoms with Crippen molar-refractivity contribution in [1.82, 2.24) is 0 Å². The van der Waals surface area contributed by atoms with Crippen molar-refractivity contribution in [2.45, 2.75) is 19.6 Å². The van der Waals surface area contributed by atoms with Crippen molar-refractivity contribution in [2.75, 3.05) is 5.32 Å². The highest BCUT2D eigenvalue weighted by Crippen LogP contribution is 2.16. The van der Waals surface area contributed by atoms with E-state index in [2.05, 4.69) is 41.8 Å². The number of thiocarbonyl (C=S) groups is 1. The molecule has 0 aliphatic heterocycles. The average molecular weight is 478 g/mol. The number of nitrogens with two attached hydrogens (primary N) is 2. The van der Waals surface area contributed by atoms with Gasteiger partial charge in [0.15, 0.2) is 10.3 Å². The van der Waals surface area contributed by atoms with Gasteiger partial charge >= 0.3 is 0 Å². The van der Waals surface area contributed by atoms with E-state index in [9.17, 15) is 0 Å². The number of thioether (sulfide) groups is 1. The second-order valence-electron chi connectivity index (χ2n) is 5.74. The Hall–Kier alpha value is -3.60. The molecule has 0 saturated carbocycles. The Morgan fingerprint density at radius 2 is 1.45 bits per heavy atom. The van der Waals surface area contributed by atoms with Gasteiger partial charge in [0.2, 0.25) is 0 Å². The number of anilines is 1. The summed E-state index contributed by atoms with van der Waals surface area (Å²) in [7, 11) is 0. The van der Waals surface area contributed by atoms with Gasteiger partial charge in [-0.15, -0.1) is 13.2 Å². The van der Waals surface area contributed by atoms with E-state index in [1.807, 2.05) is 86.6 Å². The normalized spacial score (nSPS) is 9.30. The summed E-state index contributed by atoms with van der Waals surface area (Å²) in [5.74, 6) is 0.744. The summed E-state index contributed by atoms with van der Waals surface area (Å²) in [5.41, 5.74) is 14.7. The fraction of sp³-hybridized carbons (Fsp3) is 0.115. The molecule has 172 valence electrons. The van der Waals surface area contributed by atoms with Crippen LogP contribution in [0.2, 0.25) is 0 Å². The van der Waals surface area contributed by atoms with Crippen molar-refractivity contribution in [3.05, 3.63) is 109 Å². The molecule has 5 nitrogen and oxygen atoms in total. The molecule has 0 aromatic heterocycles. The van der Waals surface area contributed by atoms with Crippen LogP contribution in [0.3, 0.4) is 0 Å². The number of hydrogen-bond donors (Lipinski definition) is 3. The first-order valence-electron chi connectivity index (χ1n) is 10.2. The Bertz CT molecular complexity index is 983. The summed E-state index contributed by atoms with van der Waals surface area (Å²) < 4.78 is 0. The number of nitriles is 1. The standard InChI is InChI=1S/C15H13N3S.C7H8N2S.C2H6.C2H4/c16-10-12-6-8-13(9-7-12)11-19-15(17)18-14-4-2-1-3-5-14;8-7(10)9-6-4-2-1-3-5-6;2*1-2/h1-9H,11H2,(H2,17,18);1-5H,(H3,8,9,10);1-2H3;1-2H2. The number of rotatable bonds is 4. The van der Waals surface area contributed by atoms with Crippen LogP contribution in [0.4, 0.5) is 11.4 Å². The largest absolute Gasteiger partial charge is 0.378 e. The highest BCUT2D eigenvalue weighted by atomic mass is 32.2. The van der Waals surface area contributed by atoms with Gasteiger partial charge in [-0.2, -0.15) is 5.26 Å². The molecule has 0 fully saturated rings. The van der Waals surface area contributed by atoms with Crippen LogP contribution in [0.5, 0.6) is 0 Å². The van der Waals surface area contributed by atoms with Gasteiger partial charge in [-0.25, -0.2) is 4.99 Å². The van der Waals surface area contributed by atoms with Crippen LogP contribution in [-0.2, 0) is 5.75 Å². The van der Waals surface area contributed by atoms with Crippen LogP contribution in [0.15, 0.2) is 103 Å². The number of aliphatic imine (C=N–C) groups is 1. The van der Waals surface area contributed by atoms with E-state index in [4.69, 9.17) is 16.7 Å². The Labute approximate surface area is 207 Å². The number of hydrogen-bond acceptors (Lipinski definition) is 4. The number of benzene rings is 3. The molecule has 7 heteroatoms. The van der Waals surface area contributed by atoms with Crippen molar-refractivity contribution in [2.24, 2.45) is 16.5 Å². The zero-order valence-corrected chi connectivity index (χ0v) is 20.7. The smallest absolute Gasteiger partial charge is 0.168 e. The Morgan fingerprint density at radius 1 is 0.939 bits per heavy atom. The molecule has 0 aliphatic carbocycles. The van der Waals surface area contributed by atoms with Crippen LogP contribution >= 0.6 is 24.0 Å². The molecule has 3 aromatic carbocycles. The molecular weight excluding hydrogens is 446 g/mol. The molecule has 0 spiro atoms. The molecular formula is C26H31N5S2. The molecule has 33 heavy (non-hydrogen) atoms. The highest BCUT2D eigenvalue weighted by Gasteiger charge is 1.98. The summed E-state index contributed by atoms with van der Waals surface area (Å²) in [5, 5.41) is 12.4. The first kappa shape index (κ1) is 29.4. The number of nitrogens with zero attached hydrogens (tertiary/aromatic N) is 2. The summed E-state index contributed by atoms with van der Waals surface area (Å²) in [6, 6.07) is 28.8. The van der Waals surface area contributed by atoms with Crippen LogP contribution in [0, 0.1) is 11.3 Å². The van der Waals surface area contributed by atoms with E-state index >= 15 is 0 Å². The third-order valence-corrected chi connectivity index (χ3v) is 4.47. The van der Waals surface area contributed by atoms with Crippen LogP contribution in [0.25, 0.3) is 0 Å². The predicted octanol–water partition coefficient (Wildman–Crippen LogP) is 6.61. The predicted molar refractivity (Wildman–Crippen MR) is 150 cm³/mol. The lowest BCUT2D eigenvalue weighted by Crippen LogP contribution is -2.18. The first-order valence-corrected chi connectivity index (χ1v) is 11.6. The molecule has 0 amide bonds. The van der Waals surface area contributed by atoms with Crippen molar-refractivity contribution < 1.29 is 0 Å². The third-order valence-electron chi connectivity index (χ3n) is 3.51. The Morgan fingerprint density at radius 3 is 1.94 bits per heavy atom. The number of amidine groups is 1. The fourth-order valence-electron chi connectivity index (χ4n) is 2.16. The molecule has 0 aliphatic rings. The van der Waals surface area contributed by atoms with E-state index in [-0.39, 0.29) is 0 Å². The molecule has 0 atom stereocenters. The lowest BCUT2D eigenvalue weighted by molar-refractivity contribution is 1.39. The monoisotopic (exact) mass is 477 g/mol.